The molecule has 2 aliphatic rings. The summed E-state index contributed by atoms with van der Waals surface area (Å²) < 4.78 is 76.5. The van der Waals surface area contributed by atoms with Gasteiger partial charge in [0.05, 0.1) is 29.0 Å². The summed E-state index contributed by atoms with van der Waals surface area (Å²) in [6, 6.07) is 4.50. The number of hydrogen-bond acceptors (Lipinski definition) is 7. The highest BCUT2D eigenvalue weighted by Crippen LogP contribution is 2.51. The molecule has 3 aromatic rings. The van der Waals surface area contributed by atoms with Crippen molar-refractivity contribution < 1.29 is 36.8 Å². The Morgan fingerprint density at radius 3 is 2.67 bits per heavy atom. The third kappa shape index (κ3) is 4.92. The van der Waals surface area contributed by atoms with Crippen LogP contribution >= 0.6 is 7.14 Å². The lowest BCUT2D eigenvalue weighted by molar-refractivity contribution is -0.131. The van der Waals surface area contributed by atoms with Crippen molar-refractivity contribution in [1.29, 1.82) is 0 Å². The maximum atomic E-state index is 15.2. The van der Waals surface area contributed by atoms with Gasteiger partial charge in [0.15, 0.2) is 6.67 Å². The van der Waals surface area contributed by atoms with Crippen LogP contribution in [0.4, 0.5) is 23.4 Å². The van der Waals surface area contributed by atoms with Crippen LogP contribution in [-0.4, -0.2) is 71.2 Å². The molecule has 0 spiro atoms. The maximum Gasteiger partial charge on any atom is 0.298 e. The number of rotatable bonds is 7. The SMILES string of the molecule is Cc1nc(N[C@H](C)c2cccc(C(F)(F)CO)c2F)c2cc(P3(=O)CCN(C(=O)CF)CC3)c3c(c2n1)CCO3. The zero-order valence-corrected chi connectivity index (χ0v) is 22.9. The molecule has 5 rings (SSSR count). The largest absolute Gasteiger partial charge is 0.492 e. The van der Waals surface area contributed by atoms with E-state index >= 15 is 4.39 Å². The van der Waals surface area contributed by atoms with E-state index in [0.29, 0.717) is 46.6 Å². The molecule has 214 valence electrons. The predicted molar refractivity (Wildman–Crippen MR) is 142 cm³/mol. The summed E-state index contributed by atoms with van der Waals surface area (Å²) in [7, 11) is -3.05. The van der Waals surface area contributed by atoms with Crippen LogP contribution in [0.3, 0.4) is 0 Å². The van der Waals surface area contributed by atoms with E-state index in [4.69, 9.17) is 9.84 Å². The number of aromatic nitrogens is 2. The minimum atomic E-state index is -3.75. The second-order valence-electron chi connectivity index (χ2n) is 10.1. The van der Waals surface area contributed by atoms with Crippen LogP contribution in [0.25, 0.3) is 10.9 Å². The van der Waals surface area contributed by atoms with Gasteiger partial charge in [-0.25, -0.2) is 18.7 Å². The summed E-state index contributed by atoms with van der Waals surface area (Å²) in [5, 5.41) is 13.2. The standard InChI is InChI=1S/C27H29F4N4O4P/c1-15(17-4-3-5-20(23(17)29)27(30,31)14-36)32-26-19-12-21(40(38)10-7-35(8-11-40)22(37)13-28)25-18(6-9-39-25)24(19)33-16(2)34-26/h3-5,12,15,36H,6-11,13-14H2,1-2H3,(H,32,33,34)/t15-/m1/s1. The smallest absolute Gasteiger partial charge is 0.298 e. The van der Waals surface area contributed by atoms with Crippen LogP contribution in [-0.2, 0) is 21.7 Å². The Balaban J connectivity index is 1.57. The fourth-order valence-corrected chi connectivity index (χ4v) is 8.14. The quantitative estimate of drug-likeness (QED) is 0.321. The third-order valence-electron chi connectivity index (χ3n) is 7.54. The van der Waals surface area contributed by atoms with Gasteiger partial charge < -0.3 is 24.6 Å². The van der Waals surface area contributed by atoms with Gasteiger partial charge in [0.1, 0.15) is 37.0 Å². The first-order valence-corrected chi connectivity index (χ1v) is 15.0. The van der Waals surface area contributed by atoms with Crippen LogP contribution in [0.1, 0.15) is 35.5 Å². The van der Waals surface area contributed by atoms with Crippen molar-refractivity contribution in [3.63, 3.8) is 0 Å². The van der Waals surface area contributed by atoms with E-state index in [1.54, 1.807) is 19.9 Å². The highest BCUT2D eigenvalue weighted by Gasteiger charge is 2.38. The third-order valence-corrected chi connectivity index (χ3v) is 10.6. The van der Waals surface area contributed by atoms with Crippen molar-refractivity contribution in [3.05, 3.63) is 52.6 Å². The molecular formula is C27H29F4N4O4P. The number of hydrogen-bond donors (Lipinski definition) is 2. The van der Waals surface area contributed by atoms with Gasteiger partial charge in [-0.1, -0.05) is 12.1 Å². The number of aryl methyl sites for hydroxylation is 1. The van der Waals surface area contributed by atoms with Crippen molar-refractivity contribution in [2.45, 2.75) is 32.2 Å². The highest BCUT2D eigenvalue weighted by atomic mass is 31.2. The van der Waals surface area contributed by atoms with Gasteiger partial charge in [-0.3, -0.25) is 4.79 Å². The zero-order valence-electron chi connectivity index (χ0n) is 22.0. The molecule has 0 unspecified atom stereocenters. The van der Waals surface area contributed by atoms with Gasteiger partial charge in [-0.05, 0) is 26.0 Å². The van der Waals surface area contributed by atoms with Gasteiger partial charge in [0, 0.05) is 48.3 Å². The van der Waals surface area contributed by atoms with Crippen LogP contribution in [0.5, 0.6) is 5.75 Å². The molecule has 1 atom stereocenters. The first-order valence-electron chi connectivity index (χ1n) is 12.9. The molecule has 0 aliphatic carbocycles. The number of carbonyl (C=O) groups is 1. The summed E-state index contributed by atoms with van der Waals surface area (Å²) in [6.07, 6.45) is 0.858. The van der Waals surface area contributed by atoms with E-state index in [2.05, 4.69) is 15.3 Å². The predicted octanol–water partition coefficient (Wildman–Crippen LogP) is 4.07. The topological polar surface area (TPSA) is 105 Å². The fourth-order valence-electron chi connectivity index (χ4n) is 5.37. The molecule has 1 fully saturated rings. The minimum Gasteiger partial charge on any atom is -0.492 e. The second-order valence-corrected chi connectivity index (χ2v) is 13.3. The molecule has 1 aromatic heterocycles. The van der Waals surface area contributed by atoms with Crippen LogP contribution < -0.4 is 15.4 Å². The average molecular weight is 581 g/mol. The summed E-state index contributed by atoms with van der Waals surface area (Å²) in [4.78, 5) is 22.3. The number of ether oxygens (including phenoxy) is 1. The van der Waals surface area contributed by atoms with Crippen molar-refractivity contribution in [1.82, 2.24) is 14.9 Å². The average Bonchev–Trinajstić information content (AvgIpc) is 3.43. The van der Waals surface area contributed by atoms with Crippen LogP contribution in [0.15, 0.2) is 24.3 Å². The molecule has 40 heavy (non-hydrogen) atoms. The first-order chi connectivity index (χ1) is 19.0. The molecule has 1 amide bonds. The number of aliphatic hydroxyl groups excluding tert-OH is 1. The van der Waals surface area contributed by atoms with Crippen molar-refractivity contribution >= 4 is 35.1 Å². The van der Waals surface area contributed by atoms with Gasteiger partial charge >= 0.3 is 0 Å². The Labute approximate surface area is 228 Å². The Kier molecular flexibility index (Phi) is 7.52. The number of amides is 1. The molecule has 13 heteroatoms. The number of anilines is 1. The molecule has 2 N–H and O–H groups in total. The van der Waals surface area contributed by atoms with E-state index in [-0.39, 0.29) is 31.0 Å². The molecule has 0 bridgehead atoms. The van der Waals surface area contributed by atoms with E-state index < -0.39 is 49.7 Å². The molecule has 2 aromatic carbocycles. The number of nitrogens with one attached hydrogen (secondary N) is 1. The number of benzene rings is 2. The molecule has 2 aliphatic heterocycles. The Morgan fingerprint density at radius 2 is 2.00 bits per heavy atom. The second kappa shape index (κ2) is 10.6. The summed E-state index contributed by atoms with van der Waals surface area (Å²) in [6.45, 7) is 1.34. The number of halogens is 4. The van der Waals surface area contributed by atoms with E-state index in [1.807, 2.05) is 0 Å². The highest BCUT2D eigenvalue weighted by molar-refractivity contribution is 7.72. The van der Waals surface area contributed by atoms with E-state index in [1.165, 1.54) is 17.0 Å². The van der Waals surface area contributed by atoms with Gasteiger partial charge in [0.2, 0.25) is 0 Å². The first kappa shape index (κ1) is 28.3. The molecule has 0 radical (unpaired) electrons. The number of carbonyl (C=O) groups excluding carboxylic acids is 1. The zero-order chi connectivity index (χ0) is 28.8. The van der Waals surface area contributed by atoms with Gasteiger partial charge in [0.25, 0.3) is 11.8 Å². The number of aliphatic hydroxyl groups is 1. The molecule has 0 saturated carbocycles. The van der Waals surface area contributed by atoms with Gasteiger partial charge in [-0.15, -0.1) is 0 Å². The normalized spacial score (nSPS) is 17.4. The number of nitrogens with zero attached hydrogens (tertiary/aromatic N) is 3. The lowest BCUT2D eigenvalue weighted by Crippen LogP contribution is -2.42. The Bertz CT molecular complexity index is 1520. The molecule has 1 saturated heterocycles. The molecule has 3 heterocycles. The maximum absolute atomic E-state index is 15.2. The van der Waals surface area contributed by atoms with Crippen molar-refractivity contribution in [2.75, 3.05) is 50.6 Å². The Hall–Kier alpha value is -3.24. The summed E-state index contributed by atoms with van der Waals surface area (Å²) in [5.74, 6) is -4.29. The Morgan fingerprint density at radius 1 is 1.27 bits per heavy atom. The summed E-state index contributed by atoms with van der Waals surface area (Å²) >= 11 is 0. The minimum absolute atomic E-state index is 0.0440. The fraction of sp³-hybridized carbons (Fsp3) is 0.444. The number of alkyl halides is 3. The van der Waals surface area contributed by atoms with Crippen molar-refractivity contribution in [2.24, 2.45) is 0 Å². The number of fused-ring (bicyclic) bond motifs is 3. The molecular weight excluding hydrogens is 551 g/mol. The van der Waals surface area contributed by atoms with Crippen LogP contribution in [0.2, 0.25) is 0 Å². The molecule has 8 nitrogen and oxygen atoms in total. The van der Waals surface area contributed by atoms with Gasteiger partial charge in [-0.2, -0.15) is 8.78 Å². The van der Waals surface area contributed by atoms with Crippen LogP contribution in [0, 0.1) is 12.7 Å². The van der Waals surface area contributed by atoms with E-state index in [0.717, 1.165) is 11.6 Å². The van der Waals surface area contributed by atoms with Crippen molar-refractivity contribution in [3.8, 4) is 5.75 Å². The summed E-state index contributed by atoms with van der Waals surface area (Å²) in [5.41, 5.74) is 0.398. The lowest BCUT2D eigenvalue weighted by atomic mass is 10.00. The lowest BCUT2D eigenvalue weighted by Gasteiger charge is -2.32. The monoisotopic (exact) mass is 580 g/mol. The van der Waals surface area contributed by atoms with E-state index in [9.17, 15) is 22.5 Å².